The molecule has 0 amide bonds. The fourth-order valence-corrected chi connectivity index (χ4v) is 3.71. The van der Waals surface area contributed by atoms with Crippen LogP contribution in [0.1, 0.15) is 16.3 Å². The molecule has 0 spiro atoms. The molecule has 0 atom stereocenters. The second kappa shape index (κ2) is 6.05. The molecule has 4 rings (SSSR count). The highest BCUT2D eigenvalue weighted by atomic mass is 35.5. The Labute approximate surface area is 151 Å². The number of H-pyrrole nitrogens is 1. The molecule has 0 bridgehead atoms. The van der Waals surface area contributed by atoms with Gasteiger partial charge in [0.1, 0.15) is 17.2 Å². The molecule has 7 nitrogen and oxygen atoms in total. The maximum absolute atomic E-state index is 12.3. The van der Waals surface area contributed by atoms with Crippen LogP contribution in [0, 0.1) is 13.8 Å². The third-order valence-electron chi connectivity index (χ3n) is 3.93. The van der Waals surface area contributed by atoms with E-state index in [1.165, 1.54) is 16.1 Å². The standard InChI is InChI=1S/C16H13ClN6OS/c1-8-9(2)25-16-13(8)15(24)18-12(19-16)7-23-21-14(20-22-23)10-3-5-11(17)6-4-10/h3-6H,7H2,1-2H3,(H,18,19,24). The van der Waals surface area contributed by atoms with E-state index in [-0.39, 0.29) is 12.1 Å². The number of nitrogens with one attached hydrogen (secondary N) is 1. The molecule has 0 fully saturated rings. The Morgan fingerprint density at radius 2 is 2.00 bits per heavy atom. The molecule has 0 radical (unpaired) electrons. The maximum Gasteiger partial charge on any atom is 0.259 e. The first kappa shape index (κ1) is 15.9. The van der Waals surface area contributed by atoms with Crippen LogP contribution in [0.15, 0.2) is 29.1 Å². The summed E-state index contributed by atoms with van der Waals surface area (Å²) in [6.07, 6.45) is 0. The number of hydrogen-bond donors (Lipinski definition) is 1. The number of tetrazole rings is 1. The van der Waals surface area contributed by atoms with E-state index in [1.54, 1.807) is 12.1 Å². The first-order valence-electron chi connectivity index (χ1n) is 7.54. The first-order valence-corrected chi connectivity index (χ1v) is 8.73. The van der Waals surface area contributed by atoms with Gasteiger partial charge in [0.25, 0.3) is 5.56 Å². The third-order valence-corrected chi connectivity index (χ3v) is 5.29. The van der Waals surface area contributed by atoms with Gasteiger partial charge in [-0.3, -0.25) is 4.79 Å². The smallest absolute Gasteiger partial charge is 0.259 e. The van der Waals surface area contributed by atoms with Crippen LogP contribution in [0.5, 0.6) is 0 Å². The molecule has 126 valence electrons. The van der Waals surface area contributed by atoms with Crippen molar-refractivity contribution in [2.75, 3.05) is 0 Å². The van der Waals surface area contributed by atoms with Gasteiger partial charge in [-0.05, 0) is 48.9 Å². The van der Waals surface area contributed by atoms with E-state index in [0.29, 0.717) is 22.1 Å². The Morgan fingerprint density at radius 1 is 1.24 bits per heavy atom. The van der Waals surface area contributed by atoms with Crippen molar-refractivity contribution in [2.24, 2.45) is 0 Å². The molecule has 3 aromatic heterocycles. The number of aromatic amines is 1. The van der Waals surface area contributed by atoms with Crippen LogP contribution in [-0.4, -0.2) is 30.2 Å². The van der Waals surface area contributed by atoms with Crippen molar-refractivity contribution < 1.29 is 0 Å². The van der Waals surface area contributed by atoms with Gasteiger partial charge in [-0.2, -0.15) is 4.80 Å². The summed E-state index contributed by atoms with van der Waals surface area (Å²) in [5, 5.41) is 13.7. The van der Waals surface area contributed by atoms with E-state index in [9.17, 15) is 4.79 Å². The second-order valence-electron chi connectivity index (χ2n) is 5.63. The molecule has 25 heavy (non-hydrogen) atoms. The number of hydrogen-bond acceptors (Lipinski definition) is 6. The highest BCUT2D eigenvalue weighted by Crippen LogP contribution is 2.25. The average Bonchev–Trinajstić information content (AvgIpc) is 3.14. The minimum Gasteiger partial charge on any atom is -0.308 e. The molecule has 0 unspecified atom stereocenters. The molecule has 0 aliphatic carbocycles. The van der Waals surface area contributed by atoms with E-state index >= 15 is 0 Å². The van der Waals surface area contributed by atoms with Gasteiger partial charge in [0, 0.05) is 15.5 Å². The second-order valence-corrected chi connectivity index (χ2v) is 7.27. The Bertz CT molecular complexity index is 1130. The summed E-state index contributed by atoms with van der Waals surface area (Å²) in [5.74, 6) is 0.988. The number of rotatable bonds is 3. The SMILES string of the molecule is Cc1sc2nc(Cn3nnc(-c4ccc(Cl)cc4)n3)[nH]c(=O)c2c1C. The molecule has 1 N–H and O–H groups in total. The molecule has 0 aliphatic heterocycles. The third kappa shape index (κ3) is 2.94. The lowest BCUT2D eigenvalue weighted by molar-refractivity contribution is 0.555. The summed E-state index contributed by atoms with van der Waals surface area (Å²) in [7, 11) is 0. The van der Waals surface area contributed by atoms with Crippen molar-refractivity contribution in [1.29, 1.82) is 0 Å². The predicted octanol–water partition coefficient (Wildman–Crippen LogP) is 2.96. The molecule has 9 heteroatoms. The fraction of sp³-hybridized carbons (Fsp3) is 0.188. The number of aryl methyl sites for hydroxylation is 2. The summed E-state index contributed by atoms with van der Waals surface area (Å²) in [6, 6.07) is 7.19. The zero-order valence-electron chi connectivity index (χ0n) is 13.4. The van der Waals surface area contributed by atoms with Gasteiger partial charge in [0.05, 0.1) is 5.39 Å². The van der Waals surface area contributed by atoms with Crippen LogP contribution in [0.2, 0.25) is 5.02 Å². The van der Waals surface area contributed by atoms with Crippen LogP contribution in [0.4, 0.5) is 0 Å². The molecular weight excluding hydrogens is 360 g/mol. The van der Waals surface area contributed by atoms with Gasteiger partial charge in [0.2, 0.25) is 5.82 Å². The summed E-state index contributed by atoms with van der Waals surface area (Å²) >= 11 is 7.40. The largest absolute Gasteiger partial charge is 0.308 e. The molecule has 0 saturated heterocycles. The highest BCUT2D eigenvalue weighted by molar-refractivity contribution is 7.18. The van der Waals surface area contributed by atoms with E-state index in [1.807, 2.05) is 26.0 Å². The monoisotopic (exact) mass is 372 g/mol. The van der Waals surface area contributed by atoms with Crippen molar-refractivity contribution in [1.82, 2.24) is 30.2 Å². The topological polar surface area (TPSA) is 89.3 Å². The van der Waals surface area contributed by atoms with Crippen molar-refractivity contribution in [3.05, 3.63) is 55.9 Å². The molecular formula is C16H13ClN6OS. The Kier molecular flexibility index (Phi) is 3.85. The van der Waals surface area contributed by atoms with E-state index in [2.05, 4.69) is 25.4 Å². The van der Waals surface area contributed by atoms with Crippen LogP contribution < -0.4 is 5.56 Å². The van der Waals surface area contributed by atoms with E-state index in [0.717, 1.165) is 20.8 Å². The normalized spacial score (nSPS) is 11.3. The highest BCUT2D eigenvalue weighted by Gasteiger charge is 2.13. The van der Waals surface area contributed by atoms with Gasteiger partial charge in [-0.15, -0.1) is 21.5 Å². The first-order chi connectivity index (χ1) is 12.0. The van der Waals surface area contributed by atoms with Gasteiger partial charge < -0.3 is 4.98 Å². The fourth-order valence-electron chi connectivity index (χ4n) is 2.53. The van der Waals surface area contributed by atoms with Crippen LogP contribution in [0.25, 0.3) is 21.6 Å². The molecule has 1 aromatic carbocycles. The summed E-state index contributed by atoms with van der Waals surface area (Å²) < 4.78 is 0. The van der Waals surface area contributed by atoms with Gasteiger partial charge in [0.15, 0.2) is 0 Å². The lowest BCUT2D eigenvalue weighted by Gasteiger charge is -1.99. The van der Waals surface area contributed by atoms with Gasteiger partial charge >= 0.3 is 0 Å². The maximum atomic E-state index is 12.3. The van der Waals surface area contributed by atoms with Crippen molar-refractivity contribution in [3.63, 3.8) is 0 Å². The Morgan fingerprint density at radius 3 is 2.76 bits per heavy atom. The van der Waals surface area contributed by atoms with E-state index in [4.69, 9.17) is 11.6 Å². The summed E-state index contributed by atoms with van der Waals surface area (Å²) in [4.78, 5) is 22.9. The lowest BCUT2D eigenvalue weighted by atomic mass is 10.2. The summed E-state index contributed by atoms with van der Waals surface area (Å²) in [5.41, 5.74) is 1.65. The van der Waals surface area contributed by atoms with Crippen molar-refractivity contribution >= 4 is 33.2 Å². The summed E-state index contributed by atoms with van der Waals surface area (Å²) in [6.45, 7) is 4.15. The average molecular weight is 373 g/mol. The van der Waals surface area contributed by atoms with Crippen molar-refractivity contribution in [3.8, 4) is 11.4 Å². The number of thiophene rings is 1. The number of benzene rings is 1. The molecule has 0 saturated carbocycles. The Hall–Kier alpha value is -2.58. The minimum absolute atomic E-state index is 0.139. The number of fused-ring (bicyclic) bond motifs is 1. The van der Waals surface area contributed by atoms with Crippen LogP contribution in [-0.2, 0) is 6.54 Å². The Balaban J connectivity index is 1.66. The molecule has 3 heterocycles. The number of nitrogens with zero attached hydrogens (tertiary/aromatic N) is 5. The zero-order valence-corrected chi connectivity index (χ0v) is 15.0. The predicted molar refractivity (Wildman–Crippen MR) is 97.1 cm³/mol. The molecule has 4 aromatic rings. The van der Waals surface area contributed by atoms with Gasteiger partial charge in [-0.1, -0.05) is 11.6 Å². The van der Waals surface area contributed by atoms with Gasteiger partial charge in [-0.25, -0.2) is 4.98 Å². The quantitative estimate of drug-likeness (QED) is 0.597. The number of aromatic nitrogens is 6. The zero-order chi connectivity index (χ0) is 17.6. The minimum atomic E-state index is -0.139. The number of halogens is 1. The van der Waals surface area contributed by atoms with Crippen molar-refractivity contribution in [2.45, 2.75) is 20.4 Å². The molecule has 0 aliphatic rings. The van der Waals surface area contributed by atoms with E-state index < -0.39 is 0 Å². The van der Waals surface area contributed by atoms with Crippen LogP contribution >= 0.6 is 22.9 Å². The lowest BCUT2D eigenvalue weighted by Crippen LogP contribution is -2.15. The van der Waals surface area contributed by atoms with Crippen LogP contribution in [0.3, 0.4) is 0 Å².